The first kappa shape index (κ1) is 8.53. The van der Waals surface area contributed by atoms with Crippen LogP contribution in [0.15, 0.2) is 22.7 Å². The molecule has 0 saturated heterocycles. The van der Waals surface area contributed by atoms with Gasteiger partial charge in [0.1, 0.15) is 5.52 Å². The number of hydrogen-bond acceptors (Lipinski definition) is 3. The normalized spacial score (nSPS) is 13.5. The minimum absolute atomic E-state index is 0.163. The summed E-state index contributed by atoms with van der Waals surface area (Å²) >= 11 is 5.91. The third kappa shape index (κ3) is 1.30. The molecule has 13 heavy (non-hydrogen) atoms. The highest BCUT2D eigenvalue weighted by Crippen LogP contribution is 2.27. The molecule has 0 aliphatic heterocycles. The topological polar surface area (TPSA) is 52.0 Å². The van der Waals surface area contributed by atoms with E-state index in [0.29, 0.717) is 16.3 Å². The van der Waals surface area contributed by atoms with Crippen LogP contribution < -0.4 is 5.73 Å². The minimum Gasteiger partial charge on any atom is -0.358 e. The van der Waals surface area contributed by atoms with Gasteiger partial charge in [0.2, 0.25) is 0 Å². The molecule has 0 amide bonds. The van der Waals surface area contributed by atoms with Gasteiger partial charge >= 0.3 is 0 Å². The van der Waals surface area contributed by atoms with Crippen molar-refractivity contribution in [3.8, 4) is 0 Å². The fourth-order valence-corrected chi connectivity index (χ4v) is 1.49. The summed E-state index contributed by atoms with van der Waals surface area (Å²) in [5.74, 6) is 0.678. The standard InChI is InChI=1S/C9H9ClN2O/c1-5(11)9-6-3-2-4-7(10)8(6)12-13-9/h2-5H,11H2,1H3. The first-order valence-corrected chi connectivity index (χ1v) is 4.37. The summed E-state index contributed by atoms with van der Waals surface area (Å²) < 4.78 is 5.10. The van der Waals surface area contributed by atoms with Crippen LogP contribution in [-0.2, 0) is 0 Å². The van der Waals surface area contributed by atoms with Gasteiger partial charge in [0, 0.05) is 5.39 Å². The van der Waals surface area contributed by atoms with E-state index < -0.39 is 0 Å². The molecule has 4 heteroatoms. The number of aromatic nitrogens is 1. The van der Waals surface area contributed by atoms with Crippen LogP contribution in [-0.4, -0.2) is 5.16 Å². The maximum Gasteiger partial charge on any atom is 0.160 e. The molecular weight excluding hydrogens is 188 g/mol. The van der Waals surface area contributed by atoms with E-state index in [2.05, 4.69) is 5.16 Å². The third-order valence-electron chi connectivity index (χ3n) is 1.90. The van der Waals surface area contributed by atoms with Gasteiger partial charge in [-0.3, -0.25) is 0 Å². The molecule has 2 rings (SSSR count). The summed E-state index contributed by atoms with van der Waals surface area (Å²) in [6, 6.07) is 5.37. The summed E-state index contributed by atoms with van der Waals surface area (Å²) in [4.78, 5) is 0. The van der Waals surface area contributed by atoms with Crippen LogP contribution in [0.3, 0.4) is 0 Å². The molecule has 0 aliphatic carbocycles. The van der Waals surface area contributed by atoms with Gasteiger partial charge in [-0.05, 0) is 19.1 Å². The number of nitrogens with zero attached hydrogens (tertiary/aromatic N) is 1. The van der Waals surface area contributed by atoms with Gasteiger partial charge in [0.05, 0.1) is 11.1 Å². The van der Waals surface area contributed by atoms with E-state index in [9.17, 15) is 0 Å². The predicted octanol–water partition coefficient (Wildman–Crippen LogP) is 2.50. The van der Waals surface area contributed by atoms with Crippen molar-refractivity contribution < 1.29 is 4.52 Å². The van der Waals surface area contributed by atoms with Crippen molar-refractivity contribution in [1.82, 2.24) is 5.16 Å². The monoisotopic (exact) mass is 196 g/mol. The fourth-order valence-electron chi connectivity index (χ4n) is 1.28. The highest BCUT2D eigenvalue weighted by Gasteiger charge is 2.13. The maximum atomic E-state index is 5.91. The second kappa shape index (κ2) is 3.01. The quantitative estimate of drug-likeness (QED) is 0.763. The van der Waals surface area contributed by atoms with Gasteiger partial charge in [-0.25, -0.2) is 0 Å². The number of fused-ring (bicyclic) bond motifs is 1. The van der Waals surface area contributed by atoms with Crippen molar-refractivity contribution >= 4 is 22.5 Å². The van der Waals surface area contributed by atoms with Crippen LogP contribution in [0.4, 0.5) is 0 Å². The molecular formula is C9H9ClN2O. The van der Waals surface area contributed by atoms with Gasteiger partial charge in [-0.15, -0.1) is 0 Å². The molecule has 1 atom stereocenters. The van der Waals surface area contributed by atoms with E-state index in [-0.39, 0.29) is 6.04 Å². The molecule has 1 unspecified atom stereocenters. The van der Waals surface area contributed by atoms with Crippen molar-refractivity contribution in [2.45, 2.75) is 13.0 Å². The van der Waals surface area contributed by atoms with Crippen molar-refractivity contribution in [2.24, 2.45) is 5.73 Å². The van der Waals surface area contributed by atoms with E-state index in [1.807, 2.05) is 19.1 Å². The van der Waals surface area contributed by atoms with E-state index in [4.69, 9.17) is 21.9 Å². The number of halogens is 1. The van der Waals surface area contributed by atoms with Crippen LogP contribution in [0, 0.1) is 0 Å². The molecule has 0 bridgehead atoms. The second-order valence-corrected chi connectivity index (χ2v) is 3.38. The zero-order valence-electron chi connectivity index (χ0n) is 7.12. The Morgan fingerprint density at radius 3 is 3.00 bits per heavy atom. The largest absolute Gasteiger partial charge is 0.358 e. The molecule has 2 aromatic rings. The van der Waals surface area contributed by atoms with Gasteiger partial charge < -0.3 is 10.3 Å². The Morgan fingerprint density at radius 2 is 2.31 bits per heavy atom. The van der Waals surface area contributed by atoms with Crippen LogP contribution in [0.25, 0.3) is 10.9 Å². The number of benzene rings is 1. The zero-order valence-corrected chi connectivity index (χ0v) is 7.88. The molecule has 0 fully saturated rings. The van der Waals surface area contributed by atoms with Crippen molar-refractivity contribution in [3.63, 3.8) is 0 Å². The van der Waals surface area contributed by atoms with E-state index in [0.717, 1.165) is 5.39 Å². The molecule has 0 radical (unpaired) electrons. The lowest BCUT2D eigenvalue weighted by Crippen LogP contribution is -2.03. The highest BCUT2D eigenvalue weighted by atomic mass is 35.5. The smallest absolute Gasteiger partial charge is 0.160 e. The lowest BCUT2D eigenvalue weighted by Gasteiger charge is -1.98. The van der Waals surface area contributed by atoms with E-state index in [1.165, 1.54) is 0 Å². The molecule has 3 nitrogen and oxygen atoms in total. The fraction of sp³-hybridized carbons (Fsp3) is 0.222. The first-order valence-electron chi connectivity index (χ1n) is 3.99. The molecule has 1 heterocycles. The Labute approximate surface area is 80.5 Å². The molecule has 68 valence electrons. The summed E-state index contributed by atoms with van der Waals surface area (Å²) in [5.41, 5.74) is 6.37. The molecule has 0 aliphatic rings. The van der Waals surface area contributed by atoms with Crippen molar-refractivity contribution in [1.29, 1.82) is 0 Å². The Kier molecular flexibility index (Phi) is 1.98. The summed E-state index contributed by atoms with van der Waals surface area (Å²) in [5, 5.41) is 5.33. The molecule has 1 aromatic heterocycles. The Hall–Kier alpha value is -1.06. The Morgan fingerprint density at radius 1 is 1.54 bits per heavy atom. The number of rotatable bonds is 1. The average Bonchev–Trinajstić information content (AvgIpc) is 2.48. The second-order valence-electron chi connectivity index (χ2n) is 2.97. The molecule has 0 saturated carbocycles. The van der Waals surface area contributed by atoms with Crippen molar-refractivity contribution in [3.05, 3.63) is 29.0 Å². The Bertz CT molecular complexity index is 436. The van der Waals surface area contributed by atoms with Crippen molar-refractivity contribution in [2.75, 3.05) is 0 Å². The van der Waals surface area contributed by atoms with E-state index >= 15 is 0 Å². The molecule has 0 spiro atoms. The summed E-state index contributed by atoms with van der Waals surface area (Å²) in [6.07, 6.45) is 0. The lowest BCUT2D eigenvalue weighted by molar-refractivity contribution is 0.375. The SMILES string of the molecule is CC(N)c1onc2c(Cl)cccc12. The summed E-state index contributed by atoms with van der Waals surface area (Å²) in [6.45, 7) is 1.85. The molecule has 1 aromatic carbocycles. The maximum absolute atomic E-state index is 5.91. The number of hydrogen-bond donors (Lipinski definition) is 1. The number of nitrogens with two attached hydrogens (primary N) is 1. The predicted molar refractivity (Wildman–Crippen MR) is 51.6 cm³/mol. The van der Waals surface area contributed by atoms with Crippen LogP contribution in [0.2, 0.25) is 5.02 Å². The highest BCUT2D eigenvalue weighted by molar-refractivity contribution is 6.35. The van der Waals surface area contributed by atoms with Gasteiger partial charge in [0.25, 0.3) is 0 Å². The van der Waals surface area contributed by atoms with Crippen LogP contribution in [0.5, 0.6) is 0 Å². The lowest BCUT2D eigenvalue weighted by atomic mass is 10.1. The average molecular weight is 197 g/mol. The minimum atomic E-state index is -0.163. The van der Waals surface area contributed by atoms with Gasteiger partial charge in [-0.1, -0.05) is 22.8 Å². The van der Waals surface area contributed by atoms with Crippen LogP contribution >= 0.6 is 11.6 Å². The van der Waals surface area contributed by atoms with Gasteiger partial charge in [0.15, 0.2) is 5.76 Å². The zero-order chi connectivity index (χ0) is 9.42. The molecule has 2 N–H and O–H groups in total. The Balaban J connectivity index is 2.75. The van der Waals surface area contributed by atoms with Gasteiger partial charge in [-0.2, -0.15) is 0 Å². The van der Waals surface area contributed by atoms with E-state index in [1.54, 1.807) is 6.07 Å². The van der Waals surface area contributed by atoms with Crippen LogP contribution in [0.1, 0.15) is 18.7 Å². The summed E-state index contributed by atoms with van der Waals surface area (Å²) in [7, 11) is 0. The first-order chi connectivity index (χ1) is 6.20. The third-order valence-corrected chi connectivity index (χ3v) is 2.21.